The molecule has 0 radical (unpaired) electrons. The van der Waals surface area contributed by atoms with Crippen LogP contribution in [-0.4, -0.2) is 25.1 Å². The molecule has 0 spiro atoms. The molecule has 3 heterocycles. The van der Waals surface area contributed by atoms with Crippen molar-refractivity contribution in [1.29, 1.82) is 0 Å². The van der Waals surface area contributed by atoms with E-state index in [-0.39, 0.29) is 22.6 Å². The fraction of sp³-hybridized carbons (Fsp3) is 0.370. The number of aromatic nitrogens is 5. The number of hydrogen-bond acceptors (Lipinski definition) is 6. The van der Waals surface area contributed by atoms with Crippen molar-refractivity contribution in [1.82, 2.24) is 25.1 Å². The minimum absolute atomic E-state index is 0.148. The number of rotatable bonds is 4. The molecule has 8 heteroatoms. The van der Waals surface area contributed by atoms with Crippen LogP contribution in [0.15, 0.2) is 41.1 Å². The number of oxazole rings is 1. The van der Waals surface area contributed by atoms with Gasteiger partial charge in [-0.15, -0.1) is 5.10 Å². The third-order valence-electron chi connectivity index (χ3n) is 8.12. The van der Waals surface area contributed by atoms with Gasteiger partial charge in [0.2, 0.25) is 5.89 Å². The summed E-state index contributed by atoms with van der Waals surface area (Å²) in [4.78, 5) is 14.1. The van der Waals surface area contributed by atoms with Crippen molar-refractivity contribution in [3.8, 4) is 22.8 Å². The van der Waals surface area contributed by atoms with Gasteiger partial charge in [-0.25, -0.2) is 18.7 Å². The molecule has 3 aromatic heterocycles. The highest BCUT2D eigenvalue weighted by Gasteiger charge is 2.65. The lowest BCUT2D eigenvalue weighted by Crippen LogP contribution is -2.38. The van der Waals surface area contributed by atoms with E-state index in [0.29, 0.717) is 11.6 Å². The van der Waals surface area contributed by atoms with Crippen molar-refractivity contribution in [2.24, 2.45) is 5.41 Å². The lowest BCUT2D eigenvalue weighted by Gasteiger charge is -2.37. The Kier molecular flexibility index (Phi) is 4.69. The molecule has 6 nitrogen and oxygen atoms in total. The van der Waals surface area contributed by atoms with Gasteiger partial charge in [0, 0.05) is 6.20 Å². The molecular weight excluding hydrogens is 448 g/mol. The van der Waals surface area contributed by atoms with E-state index in [9.17, 15) is 8.78 Å². The molecule has 1 aromatic carbocycles. The Balaban J connectivity index is 1.50. The smallest absolute Gasteiger partial charge is 0.247 e. The number of hydrogen-bond donors (Lipinski definition) is 0. The van der Waals surface area contributed by atoms with Gasteiger partial charge >= 0.3 is 0 Å². The van der Waals surface area contributed by atoms with Crippen LogP contribution in [0, 0.1) is 24.0 Å². The Morgan fingerprint density at radius 2 is 1.83 bits per heavy atom. The highest BCUT2D eigenvalue weighted by molar-refractivity contribution is 5.64. The average molecular weight is 474 g/mol. The normalized spacial score (nSPS) is 21.9. The topological polar surface area (TPSA) is 77.6 Å². The molecule has 178 valence electrons. The second-order valence-corrected chi connectivity index (χ2v) is 10.0. The molecule has 0 N–H and O–H groups in total. The summed E-state index contributed by atoms with van der Waals surface area (Å²) >= 11 is 0. The van der Waals surface area contributed by atoms with E-state index in [0.717, 1.165) is 47.7 Å². The standard InChI is InChI=1S/C27H25F2N5O/c1-5-19-14(2)35-25(32-19)21-12-30-13-22(31-21)27-10-9-16(26(27,3)4)15-11-20(33-34-24(15)27)23-17(28)7-6-8-18(23)29/h6-8,11-13,16H,5,9-10H2,1-4H3/t16-,27-/m0/s1. The zero-order valence-corrected chi connectivity index (χ0v) is 20.1. The van der Waals surface area contributed by atoms with E-state index >= 15 is 0 Å². The third kappa shape index (κ3) is 2.88. The number of aryl methyl sites for hydroxylation is 2. The van der Waals surface area contributed by atoms with E-state index in [1.54, 1.807) is 18.5 Å². The van der Waals surface area contributed by atoms with Crippen LogP contribution in [0.5, 0.6) is 0 Å². The van der Waals surface area contributed by atoms with E-state index in [2.05, 4.69) is 34.0 Å². The van der Waals surface area contributed by atoms with Gasteiger partial charge in [-0.3, -0.25) is 4.98 Å². The monoisotopic (exact) mass is 473 g/mol. The van der Waals surface area contributed by atoms with Gasteiger partial charge in [-0.2, -0.15) is 5.10 Å². The van der Waals surface area contributed by atoms with Crippen LogP contribution in [0.25, 0.3) is 22.8 Å². The summed E-state index contributed by atoms with van der Waals surface area (Å²) in [5.74, 6) is 0.0826. The molecule has 0 unspecified atom stereocenters. The lowest BCUT2D eigenvalue weighted by molar-refractivity contribution is 0.242. The van der Waals surface area contributed by atoms with Gasteiger partial charge in [0.15, 0.2) is 0 Å². The summed E-state index contributed by atoms with van der Waals surface area (Å²) in [6.07, 6.45) is 5.97. The Morgan fingerprint density at radius 1 is 1.06 bits per heavy atom. The van der Waals surface area contributed by atoms with Gasteiger partial charge in [0.1, 0.15) is 23.1 Å². The minimum Gasteiger partial charge on any atom is -0.440 e. The molecule has 1 fully saturated rings. The zero-order chi connectivity index (χ0) is 24.5. The van der Waals surface area contributed by atoms with Crippen LogP contribution in [0.2, 0.25) is 0 Å². The number of benzene rings is 1. The fourth-order valence-corrected chi connectivity index (χ4v) is 6.30. The SMILES string of the molecule is CCc1nc(-c2cncc([C@@]34CC[C@@H](c5cc(-c6c(F)cccc6F)nnc53)C4(C)C)n2)oc1C. The van der Waals surface area contributed by atoms with Gasteiger partial charge in [0.25, 0.3) is 0 Å². The second-order valence-electron chi connectivity index (χ2n) is 10.0. The molecule has 2 bridgehead atoms. The number of nitrogens with zero attached hydrogens (tertiary/aromatic N) is 5. The molecule has 1 saturated carbocycles. The maximum atomic E-state index is 14.5. The van der Waals surface area contributed by atoms with Crippen LogP contribution in [0.3, 0.4) is 0 Å². The molecule has 0 aliphatic heterocycles. The van der Waals surface area contributed by atoms with Crippen LogP contribution >= 0.6 is 0 Å². The molecule has 2 aliphatic carbocycles. The summed E-state index contributed by atoms with van der Waals surface area (Å²) in [5, 5.41) is 8.88. The maximum absolute atomic E-state index is 14.5. The summed E-state index contributed by atoms with van der Waals surface area (Å²) in [6.45, 7) is 8.34. The maximum Gasteiger partial charge on any atom is 0.247 e. The third-order valence-corrected chi connectivity index (χ3v) is 8.12. The van der Waals surface area contributed by atoms with Crippen LogP contribution in [-0.2, 0) is 11.8 Å². The first kappa shape index (κ1) is 21.9. The summed E-state index contributed by atoms with van der Waals surface area (Å²) in [7, 11) is 0. The summed E-state index contributed by atoms with van der Waals surface area (Å²) in [6, 6.07) is 5.62. The summed E-state index contributed by atoms with van der Waals surface area (Å²) < 4.78 is 34.9. The van der Waals surface area contributed by atoms with Gasteiger partial charge in [-0.1, -0.05) is 26.8 Å². The molecule has 2 aliphatic rings. The van der Waals surface area contributed by atoms with Crippen molar-refractivity contribution in [3.05, 3.63) is 76.7 Å². The fourth-order valence-electron chi connectivity index (χ4n) is 6.30. The lowest BCUT2D eigenvalue weighted by atomic mass is 9.66. The van der Waals surface area contributed by atoms with E-state index < -0.39 is 17.0 Å². The van der Waals surface area contributed by atoms with Crippen molar-refractivity contribution in [2.45, 2.75) is 58.3 Å². The van der Waals surface area contributed by atoms with Gasteiger partial charge < -0.3 is 4.42 Å². The number of halogens is 2. The Labute approximate surface area is 201 Å². The van der Waals surface area contributed by atoms with Crippen LogP contribution in [0.4, 0.5) is 8.78 Å². The Morgan fingerprint density at radius 3 is 2.54 bits per heavy atom. The highest BCUT2D eigenvalue weighted by atomic mass is 19.1. The van der Waals surface area contributed by atoms with E-state index in [1.165, 1.54) is 18.2 Å². The van der Waals surface area contributed by atoms with Crippen molar-refractivity contribution < 1.29 is 13.2 Å². The Hall–Kier alpha value is -3.55. The molecule has 2 atom stereocenters. The minimum atomic E-state index is -0.650. The predicted octanol–water partition coefficient (Wildman–Crippen LogP) is 5.94. The quantitative estimate of drug-likeness (QED) is 0.365. The van der Waals surface area contributed by atoms with E-state index in [1.807, 2.05) is 13.8 Å². The van der Waals surface area contributed by atoms with Crippen LogP contribution < -0.4 is 0 Å². The molecule has 0 saturated heterocycles. The molecule has 35 heavy (non-hydrogen) atoms. The molecular formula is C27H25F2N5O. The van der Waals surface area contributed by atoms with Crippen molar-refractivity contribution in [2.75, 3.05) is 0 Å². The molecule has 4 aromatic rings. The first-order chi connectivity index (χ1) is 16.8. The predicted molar refractivity (Wildman–Crippen MR) is 126 cm³/mol. The zero-order valence-electron chi connectivity index (χ0n) is 20.1. The van der Waals surface area contributed by atoms with Gasteiger partial charge in [-0.05, 0) is 61.3 Å². The summed E-state index contributed by atoms with van der Waals surface area (Å²) in [5.41, 5.74) is 3.33. The van der Waals surface area contributed by atoms with Gasteiger partial charge in [0.05, 0.1) is 40.0 Å². The molecule has 0 amide bonds. The highest BCUT2D eigenvalue weighted by Crippen LogP contribution is 2.69. The Bertz CT molecular complexity index is 1460. The second kappa shape index (κ2) is 7.47. The first-order valence-corrected chi connectivity index (χ1v) is 11.9. The average Bonchev–Trinajstić information content (AvgIpc) is 3.42. The van der Waals surface area contributed by atoms with Crippen molar-refractivity contribution >= 4 is 0 Å². The largest absolute Gasteiger partial charge is 0.440 e. The molecule has 6 rings (SSSR count). The van der Waals surface area contributed by atoms with E-state index in [4.69, 9.17) is 9.40 Å². The number of fused-ring (bicyclic) bond motifs is 5. The van der Waals surface area contributed by atoms with Crippen LogP contribution in [0.1, 0.15) is 67.9 Å². The first-order valence-electron chi connectivity index (χ1n) is 11.9. The van der Waals surface area contributed by atoms with Crippen molar-refractivity contribution in [3.63, 3.8) is 0 Å².